The minimum atomic E-state index is -1.02. The number of aromatic carboxylic acids is 1. The van der Waals surface area contributed by atoms with Crippen molar-refractivity contribution >= 4 is 23.2 Å². The number of carbonyl (C=O) groups excluding carboxylic acids is 1. The largest absolute Gasteiger partial charge is 0.482 e. The van der Waals surface area contributed by atoms with Gasteiger partial charge in [0.2, 0.25) is 0 Å². The van der Waals surface area contributed by atoms with Crippen molar-refractivity contribution < 1.29 is 19.4 Å². The van der Waals surface area contributed by atoms with Gasteiger partial charge in [-0.15, -0.1) is 11.3 Å². The normalized spacial score (nSPS) is 11.2. The number of hydrogen-bond donors (Lipinski definition) is 2. The van der Waals surface area contributed by atoms with Gasteiger partial charge in [-0.25, -0.2) is 4.79 Å². The maximum atomic E-state index is 11.7. The van der Waals surface area contributed by atoms with Gasteiger partial charge in [0, 0.05) is 10.4 Å². The maximum Gasteiger partial charge on any atom is 0.349 e. The van der Waals surface area contributed by atoms with Crippen LogP contribution in [0.15, 0.2) is 6.07 Å². The van der Waals surface area contributed by atoms with Crippen LogP contribution in [0, 0.1) is 0 Å². The van der Waals surface area contributed by atoms with E-state index in [1.54, 1.807) is 6.07 Å². The van der Waals surface area contributed by atoms with E-state index in [-0.39, 0.29) is 28.7 Å². The molecule has 0 saturated heterocycles. The molecule has 0 atom stereocenters. The van der Waals surface area contributed by atoms with E-state index in [0.29, 0.717) is 0 Å². The quantitative estimate of drug-likeness (QED) is 0.847. The molecule has 1 heterocycles. The van der Waals surface area contributed by atoms with Crippen LogP contribution in [0.3, 0.4) is 0 Å². The van der Waals surface area contributed by atoms with Crippen molar-refractivity contribution in [2.75, 3.05) is 6.61 Å². The summed E-state index contributed by atoms with van der Waals surface area (Å²) in [6.07, 6.45) is 1.74. The van der Waals surface area contributed by atoms with Gasteiger partial charge in [-0.1, -0.05) is 13.3 Å². The number of carboxylic acids is 1. The second-order valence-corrected chi connectivity index (χ2v) is 6.68. The van der Waals surface area contributed by atoms with Crippen LogP contribution >= 0.6 is 11.3 Å². The van der Waals surface area contributed by atoms with Gasteiger partial charge in [0.05, 0.1) is 0 Å². The molecule has 0 aromatic carbocycles. The number of carbonyl (C=O) groups is 2. The zero-order valence-electron chi connectivity index (χ0n) is 12.3. The highest BCUT2D eigenvalue weighted by atomic mass is 32.1. The van der Waals surface area contributed by atoms with E-state index < -0.39 is 5.97 Å². The first kappa shape index (κ1) is 16.5. The van der Waals surface area contributed by atoms with Gasteiger partial charge in [0.1, 0.15) is 5.75 Å². The van der Waals surface area contributed by atoms with Crippen LogP contribution in [-0.2, 0) is 11.2 Å². The average molecular weight is 299 g/mol. The number of aryl methyl sites for hydroxylation is 1. The lowest BCUT2D eigenvalue weighted by molar-refractivity contribution is -0.124. The molecule has 1 amide bonds. The predicted molar refractivity (Wildman–Crippen MR) is 78.7 cm³/mol. The minimum Gasteiger partial charge on any atom is -0.482 e. The smallest absolute Gasteiger partial charge is 0.349 e. The standard InChI is InChI=1S/C14H21NO4S/c1-5-6-9-7-10(12(20-9)13(17)18)19-8-11(16)15-14(2,3)4/h7H,5-6,8H2,1-4H3,(H,15,16)(H,17,18). The summed E-state index contributed by atoms with van der Waals surface area (Å²) in [5.41, 5.74) is -0.335. The Balaban J connectivity index is 2.71. The molecule has 0 bridgehead atoms. The van der Waals surface area contributed by atoms with Crippen LogP contribution in [0.25, 0.3) is 0 Å². The fourth-order valence-corrected chi connectivity index (χ4v) is 2.69. The molecular formula is C14H21NO4S. The highest BCUT2D eigenvalue weighted by Gasteiger charge is 2.19. The molecule has 0 aliphatic heterocycles. The Morgan fingerprint density at radius 2 is 2.05 bits per heavy atom. The highest BCUT2D eigenvalue weighted by molar-refractivity contribution is 7.14. The molecule has 1 rings (SSSR count). The molecule has 0 fully saturated rings. The Kier molecular flexibility index (Phi) is 5.56. The molecule has 0 saturated carbocycles. The second kappa shape index (κ2) is 6.74. The topological polar surface area (TPSA) is 75.6 Å². The van der Waals surface area contributed by atoms with E-state index in [2.05, 4.69) is 5.32 Å². The summed E-state index contributed by atoms with van der Waals surface area (Å²) >= 11 is 1.20. The molecule has 112 valence electrons. The van der Waals surface area contributed by atoms with Crippen molar-refractivity contribution in [3.05, 3.63) is 15.8 Å². The molecule has 0 radical (unpaired) electrons. The van der Waals surface area contributed by atoms with Gasteiger partial charge in [-0.2, -0.15) is 0 Å². The van der Waals surface area contributed by atoms with E-state index in [4.69, 9.17) is 9.84 Å². The van der Waals surface area contributed by atoms with Gasteiger partial charge < -0.3 is 15.2 Å². The van der Waals surface area contributed by atoms with Crippen LogP contribution < -0.4 is 10.1 Å². The first-order valence-corrected chi connectivity index (χ1v) is 7.34. The Morgan fingerprint density at radius 1 is 1.40 bits per heavy atom. The third kappa shape index (κ3) is 5.21. The third-order valence-electron chi connectivity index (χ3n) is 2.31. The zero-order valence-corrected chi connectivity index (χ0v) is 13.1. The molecule has 0 aliphatic carbocycles. The van der Waals surface area contributed by atoms with Crippen molar-refractivity contribution in [1.82, 2.24) is 5.32 Å². The number of hydrogen-bond acceptors (Lipinski definition) is 4. The molecule has 5 nitrogen and oxygen atoms in total. The predicted octanol–water partition coefficient (Wildman–Crippen LogP) is 2.69. The second-order valence-electron chi connectivity index (χ2n) is 5.55. The van der Waals surface area contributed by atoms with Crippen LogP contribution in [0.1, 0.15) is 48.7 Å². The van der Waals surface area contributed by atoms with E-state index in [9.17, 15) is 9.59 Å². The lowest BCUT2D eigenvalue weighted by Crippen LogP contribution is -2.43. The molecule has 0 spiro atoms. The van der Waals surface area contributed by atoms with Crippen LogP contribution in [0.2, 0.25) is 0 Å². The van der Waals surface area contributed by atoms with Crippen molar-refractivity contribution in [3.8, 4) is 5.75 Å². The Morgan fingerprint density at radius 3 is 2.55 bits per heavy atom. The maximum absolute atomic E-state index is 11.7. The van der Waals surface area contributed by atoms with E-state index in [1.807, 2.05) is 27.7 Å². The first-order chi connectivity index (χ1) is 9.23. The summed E-state index contributed by atoms with van der Waals surface area (Å²) in [6.45, 7) is 7.46. The first-order valence-electron chi connectivity index (χ1n) is 6.52. The lowest BCUT2D eigenvalue weighted by Gasteiger charge is -2.20. The molecular weight excluding hydrogens is 278 g/mol. The van der Waals surface area contributed by atoms with Crippen LogP contribution in [0.5, 0.6) is 5.75 Å². The summed E-state index contributed by atoms with van der Waals surface area (Å²) in [6, 6.07) is 1.71. The van der Waals surface area contributed by atoms with Crippen LogP contribution in [-0.4, -0.2) is 29.1 Å². The van der Waals surface area contributed by atoms with E-state index >= 15 is 0 Å². The molecule has 6 heteroatoms. The fourth-order valence-electron chi connectivity index (χ4n) is 1.65. The Bertz CT molecular complexity index is 488. The number of ether oxygens (including phenoxy) is 1. The molecule has 1 aromatic rings. The summed E-state index contributed by atoms with van der Waals surface area (Å²) in [4.78, 5) is 23.9. The van der Waals surface area contributed by atoms with Crippen LogP contribution in [0.4, 0.5) is 0 Å². The summed E-state index contributed by atoms with van der Waals surface area (Å²) in [5, 5.41) is 11.9. The lowest BCUT2D eigenvalue weighted by atomic mass is 10.1. The molecule has 1 aromatic heterocycles. The summed E-state index contributed by atoms with van der Waals surface area (Å²) in [7, 11) is 0. The Labute approximate surface area is 123 Å². The number of nitrogens with one attached hydrogen (secondary N) is 1. The average Bonchev–Trinajstić information content (AvgIpc) is 2.68. The Hall–Kier alpha value is -1.56. The van der Waals surface area contributed by atoms with Gasteiger partial charge in [-0.05, 0) is 33.3 Å². The van der Waals surface area contributed by atoms with Crippen molar-refractivity contribution in [2.24, 2.45) is 0 Å². The van der Waals surface area contributed by atoms with Gasteiger partial charge in [0.25, 0.3) is 5.91 Å². The SMILES string of the molecule is CCCc1cc(OCC(=O)NC(C)(C)C)c(C(=O)O)s1. The fraction of sp³-hybridized carbons (Fsp3) is 0.571. The molecule has 0 unspecified atom stereocenters. The molecule has 20 heavy (non-hydrogen) atoms. The molecule has 2 N–H and O–H groups in total. The highest BCUT2D eigenvalue weighted by Crippen LogP contribution is 2.30. The van der Waals surface area contributed by atoms with Crippen molar-refractivity contribution in [2.45, 2.75) is 46.1 Å². The van der Waals surface area contributed by atoms with Gasteiger partial charge in [0.15, 0.2) is 11.5 Å². The van der Waals surface area contributed by atoms with Crippen molar-refractivity contribution in [1.29, 1.82) is 0 Å². The van der Waals surface area contributed by atoms with Gasteiger partial charge >= 0.3 is 5.97 Å². The monoisotopic (exact) mass is 299 g/mol. The summed E-state index contributed by atoms with van der Waals surface area (Å²) < 4.78 is 5.35. The van der Waals surface area contributed by atoms with Crippen molar-refractivity contribution in [3.63, 3.8) is 0 Å². The van der Waals surface area contributed by atoms with Gasteiger partial charge in [-0.3, -0.25) is 4.79 Å². The van der Waals surface area contributed by atoms with E-state index in [0.717, 1.165) is 17.7 Å². The third-order valence-corrected chi connectivity index (χ3v) is 3.48. The molecule has 0 aliphatic rings. The summed E-state index contributed by atoms with van der Waals surface area (Å²) in [5.74, 6) is -1.02. The number of carboxylic acid groups (broad SMARTS) is 1. The van der Waals surface area contributed by atoms with E-state index in [1.165, 1.54) is 11.3 Å². The number of thiophene rings is 1. The number of amides is 1. The minimum absolute atomic E-state index is 0.150. The zero-order chi connectivity index (χ0) is 15.3. The number of rotatable bonds is 6.